The lowest BCUT2D eigenvalue weighted by atomic mass is 9.89. The second-order valence-electron chi connectivity index (χ2n) is 6.23. The van der Waals surface area contributed by atoms with E-state index in [1.807, 2.05) is 51.1 Å². The van der Waals surface area contributed by atoms with E-state index in [2.05, 4.69) is 4.72 Å². The number of hydrogen-bond donors (Lipinski definition) is 2. The van der Waals surface area contributed by atoms with Gasteiger partial charge in [0.15, 0.2) is 0 Å². The Bertz CT molecular complexity index is 455. The molecule has 0 aliphatic heterocycles. The molecule has 1 aliphatic rings. The van der Waals surface area contributed by atoms with Crippen LogP contribution in [0.3, 0.4) is 0 Å². The molecule has 1 aromatic carbocycles. The molecule has 0 amide bonds. The maximum absolute atomic E-state index is 12.2. The van der Waals surface area contributed by atoms with Crippen molar-refractivity contribution in [2.24, 2.45) is 0 Å². The molecule has 0 unspecified atom stereocenters. The summed E-state index contributed by atoms with van der Waals surface area (Å²) in [5, 5.41) is 10.9. The van der Waals surface area contributed by atoms with Crippen molar-refractivity contribution >= 4 is 11.0 Å². The third-order valence-electron chi connectivity index (χ3n) is 3.71. The van der Waals surface area contributed by atoms with Gasteiger partial charge in [-0.15, -0.1) is 0 Å². The highest BCUT2D eigenvalue weighted by atomic mass is 32.2. The van der Waals surface area contributed by atoms with Gasteiger partial charge < -0.3 is 5.11 Å². The minimum absolute atomic E-state index is 0.144. The number of aliphatic hydroxyl groups is 1. The van der Waals surface area contributed by atoms with Crippen LogP contribution in [0.5, 0.6) is 0 Å². The van der Waals surface area contributed by atoms with Gasteiger partial charge in [-0.1, -0.05) is 30.3 Å². The van der Waals surface area contributed by atoms with Crippen LogP contribution >= 0.6 is 0 Å². The van der Waals surface area contributed by atoms with Crippen molar-refractivity contribution in [3.63, 3.8) is 0 Å². The summed E-state index contributed by atoms with van der Waals surface area (Å²) in [5.41, 5.74) is 0.0123. The number of rotatable bonds is 3. The van der Waals surface area contributed by atoms with Crippen molar-refractivity contribution in [2.45, 2.75) is 56.4 Å². The van der Waals surface area contributed by atoms with E-state index < -0.39 is 16.6 Å². The number of nitrogens with one attached hydrogen (secondary N) is 1. The lowest BCUT2D eigenvalue weighted by Crippen LogP contribution is -2.48. The fraction of sp³-hybridized carbons (Fsp3) is 0.600. The number of hydrogen-bond acceptors (Lipinski definition) is 2. The molecule has 1 fully saturated rings. The molecule has 0 spiro atoms. The lowest BCUT2D eigenvalue weighted by molar-refractivity contribution is 0.0234. The molecule has 0 bridgehead atoms. The van der Waals surface area contributed by atoms with E-state index in [9.17, 15) is 9.32 Å². The van der Waals surface area contributed by atoms with Gasteiger partial charge >= 0.3 is 0 Å². The van der Waals surface area contributed by atoms with E-state index in [0.29, 0.717) is 0 Å². The summed E-state index contributed by atoms with van der Waals surface area (Å²) >= 11 is 0. The van der Waals surface area contributed by atoms with Crippen LogP contribution < -0.4 is 4.72 Å². The fourth-order valence-corrected chi connectivity index (χ4v) is 3.45. The van der Waals surface area contributed by atoms with Gasteiger partial charge in [-0.05, 0) is 45.6 Å². The predicted octanol–water partition coefficient (Wildman–Crippen LogP) is 2.48. The van der Waals surface area contributed by atoms with Crippen LogP contribution in [-0.2, 0) is 16.6 Å². The average Bonchev–Trinajstić information content (AvgIpc) is 2.72. The molecule has 1 saturated carbocycles. The molecule has 4 heteroatoms. The maximum Gasteiger partial charge on any atom is 0.106 e. The molecule has 0 radical (unpaired) electrons. The standard InChI is InChI=1S/C15H23NO2S/c1-14(2,3)19(18)16-13-10-7-11-15(13,17)12-8-5-4-6-9-12/h4-6,8-9,13,16-17H,7,10-11H2,1-3H3/t13-,15+,19+/m0/s1. The van der Waals surface area contributed by atoms with Crippen molar-refractivity contribution in [1.29, 1.82) is 0 Å². The van der Waals surface area contributed by atoms with Crippen LogP contribution in [0.15, 0.2) is 30.3 Å². The van der Waals surface area contributed by atoms with Crippen LogP contribution in [0.1, 0.15) is 45.6 Å². The zero-order valence-electron chi connectivity index (χ0n) is 11.8. The summed E-state index contributed by atoms with van der Waals surface area (Å²) in [6.07, 6.45) is 2.52. The third-order valence-corrected chi connectivity index (χ3v) is 5.32. The van der Waals surface area contributed by atoms with Crippen molar-refractivity contribution in [3.05, 3.63) is 35.9 Å². The molecule has 106 valence electrons. The van der Waals surface area contributed by atoms with Gasteiger partial charge in [-0.2, -0.15) is 0 Å². The first-order valence-electron chi connectivity index (χ1n) is 6.80. The molecule has 0 heterocycles. The Morgan fingerprint density at radius 2 is 1.95 bits per heavy atom. The molecular weight excluding hydrogens is 258 g/mol. The predicted molar refractivity (Wildman–Crippen MR) is 79.0 cm³/mol. The van der Waals surface area contributed by atoms with Crippen molar-refractivity contribution in [1.82, 2.24) is 4.72 Å². The van der Waals surface area contributed by atoms with Gasteiger partial charge in [0.25, 0.3) is 0 Å². The van der Waals surface area contributed by atoms with Crippen molar-refractivity contribution < 1.29 is 9.32 Å². The van der Waals surface area contributed by atoms with Crippen molar-refractivity contribution in [2.75, 3.05) is 0 Å². The number of benzene rings is 1. The first-order chi connectivity index (χ1) is 8.84. The Hall–Kier alpha value is -0.710. The summed E-state index contributed by atoms with van der Waals surface area (Å²) in [6, 6.07) is 9.56. The largest absolute Gasteiger partial charge is 0.383 e. The van der Waals surface area contributed by atoms with E-state index in [1.54, 1.807) is 0 Å². The van der Waals surface area contributed by atoms with Gasteiger partial charge in [0, 0.05) is 0 Å². The highest BCUT2D eigenvalue weighted by molar-refractivity contribution is 7.84. The second kappa shape index (κ2) is 5.35. The Balaban J connectivity index is 2.20. The molecule has 2 N–H and O–H groups in total. The molecule has 0 aromatic heterocycles. The summed E-state index contributed by atoms with van der Waals surface area (Å²) in [4.78, 5) is 0. The summed E-state index contributed by atoms with van der Waals surface area (Å²) in [7, 11) is -1.16. The van der Waals surface area contributed by atoms with Crippen LogP contribution in [0.25, 0.3) is 0 Å². The van der Waals surface area contributed by atoms with E-state index in [0.717, 1.165) is 24.8 Å². The minimum Gasteiger partial charge on any atom is -0.383 e. The first kappa shape index (κ1) is 14.7. The molecule has 1 aliphatic carbocycles. The van der Waals surface area contributed by atoms with Gasteiger partial charge in [-0.3, -0.25) is 0 Å². The van der Waals surface area contributed by atoms with E-state index >= 15 is 0 Å². The van der Waals surface area contributed by atoms with Crippen LogP contribution in [-0.4, -0.2) is 20.1 Å². The molecular formula is C15H23NO2S. The van der Waals surface area contributed by atoms with E-state index in [4.69, 9.17) is 0 Å². The highest BCUT2D eigenvalue weighted by Gasteiger charge is 2.44. The lowest BCUT2D eigenvalue weighted by Gasteiger charge is -2.33. The minimum atomic E-state index is -1.16. The topological polar surface area (TPSA) is 49.3 Å². The zero-order chi connectivity index (χ0) is 14.1. The van der Waals surface area contributed by atoms with Crippen LogP contribution in [0, 0.1) is 0 Å². The Kier molecular flexibility index (Phi) is 4.14. The normalized spacial score (nSPS) is 29.4. The van der Waals surface area contributed by atoms with Gasteiger partial charge in [-0.25, -0.2) is 8.93 Å². The molecule has 3 nitrogen and oxygen atoms in total. The zero-order valence-corrected chi connectivity index (χ0v) is 12.7. The second-order valence-corrected chi connectivity index (χ2v) is 8.23. The average molecular weight is 281 g/mol. The van der Waals surface area contributed by atoms with Gasteiger partial charge in [0.2, 0.25) is 0 Å². The van der Waals surface area contributed by atoms with Gasteiger partial charge in [0.05, 0.1) is 21.8 Å². The maximum atomic E-state index is 12.2. The van der Waals surface area contributed by atoms with Gasteiger partial charge in [0.1, 0.15) is 5.60 Å². The third kappa shape index (κ3) is 3.07. The van der Waals surface area contributed by atoms with Crippen LogP contribution in [0.2, 0.25) is 0 Å². The van der Waals surface area contributed by atoms with E-state index in [1.165, 1.54) is 0 Å². The Labute approximate surface area is 118 Å². The molecule has 1 aromatic rings. The molecule has 19 heavy (non-hydrogen) atoms. The smallest absolute Gasteiger partial charge is 0.106 e. The molecule has 2 rings (SSSR count). The van der Waals surface area contributed by atoms with E-state index in [-0.39, 0.29) is 10.8 Å². The summed E-state index contributed by atoms with van der Waals surface area (Å²) in [5.74, 6) is 0. The quantitative estimate of drug-likeness (QED) is 0.894. The van der Waals surface area contributed by atoms with Crippen molar-refractivity contribution in [3.8, 4) is 0 Å². The summed E-state index contributed by atoms with van der Waals surface area (Å²) < 4.78 is 15.0. The first-order valence-corrected chi connectivity index (χ1v) is 7.95. The summed E-state index contributed by atoms with van der Waals surface area (Å²) in [6.45, 7) is 5.81. The highest BCUT2D eigenvalue weighted by Crippen LogP contribution is 2.39. The Morgan fingerprint density at radius 3 is 2.53 bits per heavy atom. The fourth-order valence-electron chi connectivity index (χ4n) is 2.52. The Morgan fingerprint density at radius 1 is 1.32 bits per heavy atom. The molecule has 3 atom stereocenters. The monoisotopic (exact) mass is 281 g/mol. The van der Waals surface area contributed by atoms with Crippen LogP contribution in [0.4, 0.5) is 0 Å². The molecule has 0 saturated heterocycles. The SMILES string of the molecule is CC(C)(C)[S@@](=O)N[C@H]1CCC[C@@]1(O)c1ccccc1.